The van der Waals surface area contributed by atoms with E-state index in [2.05, 4.69) is 55.4 Å². The van der Waals surface area contributed by atoms with E-state index in [9.17, 15) is 0 Å². The minimum atomic E-state index is 1.07. The van der Waals surface area contributed by atoms with E-state index in [0.717, 1.165) is 19.6 Å². The van der Waals surface area contributed by atoms with Crippen LogP contribution in [0.4, 0.5) is 5.69 Å². The molecule has 102 valence electrons. The molecule has 0 bridgehead atoms. The van der Waals surface area contributed by atoms with Gasteiger partial charge in [0.15, 0.2) is 0 Å². The number of hydrogen-bond donors (Lipinski definition) is 1. The number of nitrogens with zero attached hydrogens (tertiary/aromatic N) is 1. The largest absolute Gasteiger partial charge is 0.373 e. The van der Waals surface area contributed by atoms with Crippen LogP contribution in [0.15, 0.2) is 24.3 Å². The highest BCUT2D eigenvalue weighted by Crippen LogP contribution is 2.16. The molecule has 0 aliphatic heterocycles. The molecular formula is C16H28N2. The monoisotopic (exact) mass is 248 g/mol. The van der Waals surface area contributed by atoms with Gasteiger partial charge in [0.25, 0.3) is 0 Å². The number of likely N-dealkylation sites (N-methyl/N-ethyl adjacent to an activating group) is 1. The van der Waals surface area contributed by atoms with Crippen LogP contribution in [-0.2, 0) is 0 Å². The van der Waals surface area contributed by atoms with Crippen LogP contribution in [0, 0.1) is 6.92 Å². The molecule has 0 saturated heterocycles. The summed E-state index contributed by atoms with van der Waals surface area (Å²) in [5.41, 5.74) is 2.69. The second kappa shape index (κ2) is 8.98. The standard InChI is InChI=1S/C16H28N2/c1-4-5-6-9-12-17-13-14-18(3)16-11-8-7-10-15(16)2/h7-8,10-11,17H,4-6,9,12-14H2,1-3H3. The number of nitrogens with one attached hydrogen (secondary N) is 1. The first-order chi connectivity index (χ1) is 8.75. The van der Waals surface area contributed by atoms with Crippen molar-refractivity contribution < 1.29 is 0 Å². The van der Waals surface area contributed by atoms with Gasteiger partial charge in [0.1, 0.15) is 0 Å². The fourth-order valence-electron chi connectivity index (χ4n) is 2.16. The van der Waals surface area contributed by atoms with Crippen molar-refractivity contribution in [3.8, 4) is 0 Å². The van der Waals surface area contributed by atoms with Gasteiger partial charge in [-0.05, 0) is 31.5 Å². The lowest BCUT2D eigenvalue weighted by Gasteiger charge is -2.21. The lowest BCUT2D eigenvalue weighted by molar-refractivity contribution is 0.598. The van der Waals surface area contributed by atoms with Gasteiger partial charge in [0, 0.05) is 25.8 Å². The summed E-state index contributed by atoms with van der Waals surface area (Å²) in [5.74, 6) is 0. The van der Waals surface area contributed by atoms with Gasteiger partial charge in [-0.2, -0.15) is 0 Å². The summed E-state index contributed by atoms with van der Waals surface area (Å²) in [6, 6.07) is 8.57. The highest BCUT2D eigenvalue weighted by molar-refractivity contribution is 5.52. The number of para-hydroxylation sites is 1. The van der Waals surface area contributed by atoms with Gasteiger partial charge in [-0.15, -0.1) is 0 Å². The van der Waals surface area contributed by atoms with Gasteiger partial charge in [-0.25, -0.2) is 0 Å². The molecule has 2 heteroatoms. The molecule has 0 aliphatic carbocycles. The Kier molecular flexibility index (Phi) is 7.51. The van der Waals surface area contributed by atoms with E-state index in [1.807, 2.05) is 0 Å². The van der Waals surface area contributed by atoms with Crippen molar-refractivity contribution in [1.82, 2.24) is 5.32 Å². The maximum Gasteiger partial charge on any atom is 0.0393 e. The summed E-state index contributed by atoms with van der Waals surface area (Å²) in [4.78, 5) is 2.33. The highest BCUT2D eigenvalue weighted by Gasteiger charge is 2.02. The Morgan fingerprint density at radius 1 is 1.06 bits per heavy atom. The van der Waals surface area contributed by atoms with Gasteiger partial charge in [0.05, 0.1) is 0 Å². The van der Waals surface area contributed by atoms with E-state index in [-0.39, 0.29) is 0 Å². The third-order valence-corrected chi connectivity index (χ3v) is 3.36. The number of benzene rings is 1. The van der Waals surface area contributed by atoms with Crippen molar-refractivity contribution in [2.45, 2.75) is 39.5 Å². The zero-order chi connectivity index (χ0) is 13.2. The van der Waals surface area contributed by atoms with Gasteiger partial charge in [-0.3, -0.25) is 0 Å². The normalized spacial score (nSPS) is 10.6. The fourth-order valence-corrected chi connectivity index (χ4v) is 2.16. The summed E-state index contributed by atoms with van der Waals surface area (Å²) in [7, 11) is 2.17. The van der Waals surface area contributed by atoms with Crippen LogP contribution < -0.4 is 10.2 Å². The van der Waals surface area contributed by atoms with E-state index < -0.39 is 0 Å². The molecule has 1 N–H and O–H groups in total. The average molecular weight is 248 g/mol. The van der Waals surface area contributed by atoms with Crippen LogP contribution in [-0.4, -0.2) is 26.7 Å². The number of unbranched alkanes of at least 4 members (excludes halogenated alkanes) is 3. The molecule has 0 amide bonds. The van der Waals surface area contributed by atoms with Crippen molar-refractivity contribution in [2.24, 2.45) is 0 Å². The van der Waals surface area contributed by atoms with Crippen molar-refractivity contribution in [1.29, 1.82) is 0 Å². The van der Waals surface area contributed by atoms with E-state index >= 15 is 0 Å². The summed E-state index contributed by atoms with van der Waals surface area (Å²) < 4.78 is 0. The first-order valence-electron chi connectivity index (χ1n) is 7.23. The molecule has 18 heavy (non-hydrogen) atoms. The maximum atomic E-state index is 3.52. The van der Waals surface area contributed by atoms with Crippen LogP contribution >= 0.6 is 0 Å². The van der Waals surface area contributed by atoms with Gasteiger partial charge < -0.3 is 10.2 Å². The van der Waals surface area contributed by atoms with E-state index in [1.54, 1.807) is 0 Å². The molecule has 0 unspecified atom stereocenters. The smallest absolute Gasteiger partial charge is 0.0393 e. The first kappa shape index (κ1) is 15.0. The second-order valence-electron chi connectivity index (χ2n) is 5.02. The Hall–Kier alpha value is -1.02. The summed E-state index contributed by atoms with van der Waals surface area (Å²) in [6.07, 6.45) is 5.35. The Morgan fingerprint density at radius 2 is 1.83 bits per heavy atom. The summed E-state index contributed by atoms with van der Waals surface area (Å²) in [6.45, 7) is 7.71. The van der Waals surface area contributed by atoms with Crippen molar-refractivity contribution in [3.63, 3.8) is 0 Å². The first-order valence-corrected chi connectivity index (χ1v) is 7.23. The summed E-state index contributed by atoms with van der Waals surface area (Å²) >= 11 is 0. The molecule has 0 aliphatic rings. The van der Waals surface area contributed by atoms with Gasteiger partial charge in [-0.1, -0.05) is 44.4 Å². The average Bonchev–Trinajstić information content (AvgIpc) is 2.38. The molecule has 1 rings (SSSR count). The minimum absolute atomic E-state index is 1.07. The van der Waals surface area contributed by atoms with E-state index in [0.29, 0.717) is 0 Å². The molecule has 0 heterocycles. The molecular weight excluding hydrogens is 220 g/mol. The Labute approximate surface area is 112 Å². The van der Waals surface area contributed by atoms with E-state index in [1.165, 1.54) is 36.9 Å². The van der Waals surface area contributed by atoms with Gasteiger partial charge >= 0.3 is 0 Å². The van der Waals surface area contributed by atoms with Crippen LogP contribution in [0.1, 0.15) is 38.2 Å². The number of rotatable bonds is 9. The summed E-state index contributed by atoms with van der Waals surface area (Å²) in [5, 5.41) is 3.52. The molecule has 0 radical (unpaired) electrons. The SMILES string of the molecule is CCCCCCNCCN(C)c1ccccc1C. The van der Waals surface area contributed by atoms with Crippen LogP contribution in [0.2, 0.25) is 0 Å². The molecule has 0 atom stereocenters. The maximum absolute atomic E-state index is 3.52. The van der Waals surface area contributed by atoms with Crippen LogP contribution in [0.25, 0.3) is 0 Å². The predicted octanol–water partition coefficient (Wildman–Crippen LogP) is 3.60. The molecule has 1 aromatic carbocycles. The van der Waals surface area contributed by atoms with Crippen LogP contribution in [0.3, 0.4) is 0 Å². The number of aryl methyl sites for hydroxylation is 1. The number of hydrogen-bond acceptors (Lipinski definition) is 2. The van der Waals surface area contributed by atoms with Crippen molar-refractivity contribution in [3.05, 3.63) is 29.8 Å². The molecule has 0 fully saturated rings. The minimum Gasteiger partial charge on any atom is -0.373 e. The number of anilines is 1. The predicted molar refractivity (Wildman–Crippen MR) is 81.5 cm³/mol. The highest BCUT2D eigenvalue weighted by atomic mass is 15.1. The second-order valence-corrected chi connectivity index (χ2v) is 5.02. The molecule has 0 saturated carbocycles. The topological polar surface area (TPSA) is 15.3 Å². The Bertz CT molecular complexity index is 323. The van der Waals surface area contributed by atoms with Crippen LogP contribution in [0.5, 0.6) is 0 Å². The van der Waals surface area contributed by atoms with Gasteiger partial charge in [0.2, 0.25) is 0 Å². The zero-order valence-corrected chi connectivity index (χ0v) is 12.2. The van der Waals surface area contributed by atoms with Crippen molar-refractivity contribution >= 4 is 5.69 Å². The van der Waals surface area contributed by atoms with Crippen molar-refractivity contribution in [2.75, 3.05) is 31.6 Å². The Morgan fingerprint density at radius 3 is 2.56 bits per heavy atom. The lowest BCUT2D eigenvalue weighted by Crippen LogP contribution is -2.30. The lowest BCUT2D eigenvalue weighted by atomic mass is 10.2. The third kappa shape index (κ3) is 5.54. The zero-order valence-electron chi connectivity index (χ0n) is 12.2. The molecule has 2 nitrogen and oxygen atoms in total. The molecule has 1 aromatic rings. The van der Waals surface area contributed by atoms with E-state index in [4.69, 9.17) is 0 Å². The Balaban J connectivity index is 2.14. The molecule has 0 aromatic heterocycles. The third-order valence-electron chi connectivity index (χ3n) is 3.36. The molecule has 0 spiro atoms. The quantitative estimate of drug-likeness (QED) is 0.672. The fraction of sp³-hybridized carbons (Fsp3) is 0.625.